The van der Waals surface area contributed by atoms with Crippen molar-refractivity contribution in [2.75, 3.05) is 6.61 Å². The molecule has 1 aromatic heterocycles. The second kappa shape index (κ2) is 8.92. The molecule has 3 unspecified atom stereocenters. The van der Waals surface area contributed by atoms with Crippen molar-refractivity contribution in [1.82, 2.24) is 9.71 Å². The van der Waals surface area contributed by atoms with Gasteiger partial charge in [-0.3, -0.25) is 0 Å². The van der Waals surface area contributed by atoms with Crippen LogP contribution in [-0.4, -0.2) is 40.2 Å². The van der Waals surface area contributed by atoms with Crippen LogP contribution >= 0.6 is 11.6 Å². The first-order valence-electron chi connectivity index (χ1n) is 10.6. The number of ether oxygens (including phenoxy) is 1. The maximum atomic E-state index is 14.2. The van der Waals surface area contributed by atoms with Gasteiger partial charge in [-0.15, -0.1) is 4.72 Å². The van der Waals surface area contributed by atoms with E-state index in [0.29, 0.717) is 12.0 Å². The number of alkyl halides is 3. The van der Waals surface area contributed by atoms with E-state index in [1.807, 2.05) is 27.7 Å². The molecule has 0 spiro atoms. The van der Waals surface area contributed by atoms with Gasteiger partial charge in [-0.1, -0.05) is 32.4 Å². The Balaban J connectivity index is 2.60. The summed E-state index contributed by atoms with van der Waals surface area (Å²) in [6.07, 6.45) is -4.48. The Morgan fingerprint density at radius 2 is 1.88 bits per heavy atom. The zero-order chi connectivity index (χ0) is 24.9. The van der Waals surface area contributed by atoms with Crippen molar-refractivity contribution in [2.24, 2.45) is 0 Å². The predicted molar refractivity (Wildman–Crippen MR) is 125 cm³/mol. The van der Waals surface area contributed by atoms with E-state index in [-0.39, 0.29) is 29.6 Å². The monoisotopic (exact) mass is 514 g/mol. The molecule has 32 heavy (non-hydrogen) atoms. The van der Waals surface area contributed by atoms with E-state index in [4.69, 9.17) is 16.3 Å². The van der Waals surface area contributed by atoms with E-state index in [1.165, 1.54) is 6.07 Å². The van der Waals surface area contributed by atoms with Crippen LogP contribution in [0.25, 0.3) is 0 Å². The Hall–Kier alpha value is -0.523. The molecule has 2 N–H and O–H groups in total. The highest BCUT2D eigenvalue weighted by molar-refractivity contribution is 7.90. The Labute approximate surface area is 197 Å². The molecule has 0 aromatic carbocycles. The average molecular weight is 515 g/mol. The topological polar surface area (TPSA) is 77.4 Å². The largest absolute Gasteiger partial charge is 0.598 e. The molecule has 184 valence electrons. The molecule has 0 amide bonds. The van der Waals surface area contributed by atoms with E-state index in [0.717, 1.165) is 0 Å². The van der Waals surface area contributed by atoms with E-state index in [2.05, 4.69) is 9.71 Å². The van der Waals surface area contributed by atoms with Gasteiger partial charge in [0.1, 0.15) is 16.9 Å². The average Bonchev–Trinajstić information content (AvgIpc) is 2.96. The number of aromatic nitrogens is 1. The van der Waals surface area contributed by atoms with Gasteiger partial charge in [0, 0.05) is 16.9 Å². The lowest BCUT2D eigenvalue weighted by Crippen LogP contribution is -2.52. The summed E-state index contributed by atoms with van der Waals surface area (Å²) in [5.74, 6) is -1.70. The normalized spacial score (nSPS) is 21.8. The molecule has 1 aliphatic heterocycles. The molecule has 2 rings (SSSR count). The van der Waals surface area contributed by atoms with Crippen molar-refractivity contribution in [3.63, 3.8) is 0 Å². The highest BCUT2D eigenvalue weighted by Crippen LogP contribution is 2.51. The minimum Gasteiger partial charge on any atom is -0.598 e. The van der Waals surface area contributed by atoms with Crippen LogP contribution in [0.2, 0.25) is 23.3 Å². The zero-order valence-corrected chi connectivity index (χ0v) is 22.5. The Bertz CT molecular complexity index is 843. The van der Waals surface area contributed by atoms with E-state index < -0.39 is 47.1 Å². The van der Waals surface area contributed by atoms with Gasteiger partial charge in [0.25, 0.3) is 0 Å². The molecule has 0 saturated heterocycles. The highest BCUT2D eigenvalue weighted by atomic mass is 35.5. The number of nitrogens with zero attached hydrogens (tertiary/aromatic N) is 1. The SMILES string of the molecule is CCC1(N[S+]([O-])C(C)(C)C)COc2c1cc(C(CC(C)(C)[Si](C)(C)O)C(F)(F)F)nc2Cl. The fourth-order valence-electron chi connectivity index (χ4n) is 3.39. The molecule has 11 heteroatoms. The first-order valence-corrected chi connectivity index (χ1v) is 15.1. The summed E-state index contributed by atoms with van der Waals surface area (Å²) in [6, 6.07) is 1.38. The number of halogens is 4. The van der Waals surface area contributed by atoms with Crippen LogP contribution in [0.5, 0.6) is 5.75 Å². The van der Waals surface area contributed by atoms with Crippen LogP contribution in [0.4, 0.5) is 13.2 Å². The van der Waals surface area contributed by atoms with Crippen LogP contribution in [0.1, 0.15) is 71.6 Å². The van der Waals surface area contributed by atoms with E-state index >= 15 is 0 Å². The summed E-state index contributed by atoms with van der Waals surface area (Å²) in [5, 5.41) is -1.08. The van der Waals surface area contributed by atoms with Gasteiger partial charge >= 0.3 is 6.18 Å². The minimum atomic E-state index is -4.59. The predicted octanol–water partition coefficient (Wildman–Crippen LogP) is 5.80. The summed E-state index contributed by atoms with van der Waals surface area (Å²) >= 11 is 4.81. The standard InChI is InChI=1S/C21H34ClF3N2O3SSi/c1-9-20(27-31(28)18(2,3)4)12-30-16-13(20)10-15(26-17(16)22)14(21(23,24)25)11-19(5,6)32(7,8)29/h10,14,27,29H,9,11-12H2,1-8H3. The van der Waals surface area contributed by atoms with Crippen molar-refractivity contribution >= 4 is 31.3 Å². The zero-order valence-electron chi connectivity index (χ0n) is 19.9. The van der Waals surface area contributed by atoms with E-state index in [9.17, 15) is 22.5 Å². The smallest absolute Gasteiger partial charge is 0.397 e. The molecule has 0 fully saturated rings. The van der Waals surface area contributed by atoms with Crippen LogP contribution in [0.15, 0.2) is 6.07 Å². The molecule has 0 saturated carbocycles. The molecule has 3 atom stereocenters. The maximum Gasteiger partial charge on any atom is 0.397 e. The Morgan fingerprint density at radius 3 is 2.31 bits per heavy atom. The fourth-order valence-corrected chi connectivity index (χ4v) is 5.32. The maximum absolute atomic E-state index is 14.2. The molecule has 0 radical (unpaired) electrons. The lowest BCUT2D eigenvalue weighted by atomic mass is 9.87. The van der Waals surface area contributed by atoms with Crippen molar-refractivity contribution in [3.8, 4) is 5.75 Å². The third-order valence-corrected chi connectivity index (χ3v) is 12.0. The fraction of sp³-hybridized carbons (Fsp3) is 0.762. The van der Waals surface area contributed by atoms with Gasteiger partial charge in [0.05, 0.1) is 11.6 Å². The lowest BCUT2D eigenvalue weighted by Gasteiger charge is -2.38. The van der Waals surface area contributed by atoms with Gasteiger partial charge in [0.2, 0.25) is 0 Å². The van der Waals surface area contributed by atoms with E-state index in [1.54, 1.807) is 26.9 Å². The third kappa shape index (κ3) is 5.58. The van der Waals surface area contributed by atoms with Gasteiger partial charge in [-0.05, 0) is 57.8 Å². The van der Waals surface area contributed by atoms with Crippen molar-refractivity contribution < 1.29 is 27.3 Å². The van der Waals surface area contributed by atoms with Gasteiger partial charge in [-0.2, -0.15) is 13.2 Å². The summed E-state index contributed by atoms with van der Waals surface area (Å²) < 4.78 is 63.7. The van der Waals surface area contributed by atoms with Crippen molar-refractivity contribution in [1.29, 1.82) is 0 Å². The minimum absolute atomic E-state index is 0.0876. The first kappa shape index (κ1) is 27.7. The molecule has 2 heterocycles. The van der Waals surface area contributed by atoms with Crippen LogP contribution < -0.4 is 9.46 Å². The van der Waals surface area contributed by atoms with Crippen LogP contribution in [0, 0.1) is 0 Å². The molecule has 1 aliphatic rings. The highest BCUT2D eigenvalue weighted by Gasteiger charge is 2.51. The summed E-state index contributed by atoms with van der Waals surface area (Å²) in [4.78, 5) is 14.6. The second-order valence-electron chi connectivity index (χ2n) is 10.7. The molecule has 0 bridgehead atoms. The lowest BCUT2D eigenvalue weighted by molar-refractivity contribution is -0.154. The summed E-state index contributed by atoms with van der Waals surface area (Å²) in [7, 11) is -2.91. The number of nitrogens with one attached hydrogen (secondary N) is 1. The number of fused-ring (bicyclic) bond motifs is 1. The number of rotatable bonds is 7. The second-order valence-corrected chi connectivity index (χ2v) is 17.5. The third-order valence-electron chi connectivity index (χ3n) is 6.50. The molecular formula is C21H34ClF3N2O3SSi. The first-order chi connectivity index (χ1) is 14.2. The Kier molecular flexibility index (Phi) is 7.73. The van der Waals surface area contributed by atoms with Crippen LogP contribution in [-0.2, 0) is 16.9 Å². The molecule has 0 aliphatic carbocycles. The molecule has 5 nitrogen and oxygen atoms in total. The Morgan fingerprint density at radius 1 is 1.31 bits per heavy atom. The molecular weight excluding hydrogens is 481 g/mol. The summed E-state index contributed by atoms with van der Waals surface area (Å²) in [5.41, 5.74) is -0.745. The number of hydrogen-bond acceptors (Lipinski definition) is 5. The molecule has 1 aromatic rings. The van der Waals surface area contributed by atoms with Crippen molar-refractivity contribution in [3.05, 3.63) is 22.5 Å². The van der Waals surface area contributed by atoms with Crippen LogP contribution in [0.3, 0.4) is 0 Å². The van der Waals surface area contributed by atoms with Gasteiger partial charge in [0.15, 0.2) is 19.2 Å². The van der Waals surface area contributed by atoms with Gasteiger partial charge in [-0.25, -0.2) is 4.98 Å². The number of hydrogen-bond donors (Lipinski definition) is 2. The summed E-state index contributed by atoms with van der Waals surface area (Å²) in [6.45, 7) is 13.9. The van der Waals surface area contributed by atoms with Crippen molar-refractivity contribution in [2.45, 2.75) is 94.9 Å². The number of pyridine rings is 1. The van der Waals surface area contributed by atoms with Gasteiger partial charge < -0.3 is 14.1 Å². The quantitative estimate of drug-likeness (QED) is 0.273.